The van der Waals surface area contributed by atoms with E-state index in [2.05, 4.69) is 39.5 Å². The average molecular weight is 367 g/mol. The van der Waals surface area contributed by atoms with Crippen LogP contribution in [0.4, 0.5) is 10.3 Å². The molecule has 142 valence electrons. The molecule has 2 aromatic carbocycles. The molecule has 6 heteroatoms. The van der Waals surface area contributed by atoms with Gasteiger partial charge in [0.15, 0.2) is 0 Å². The van der Waals surface area contributed by atoms with Gasteiger partial charge in [0.1, 0.15) is 11.3 Å². The molecule has 0 spiro atoms. The minimum Gasteiger partial charge on any atom is -0.354 e. The SMILES string of the molecule is Cn1c(NCC2(N)CCN(Cc3ccccc3)CC2)nc2cccc(F)c21. The molecule has 0 atom stereocenters. The van der Waals surface area contributed by atoms with Crippen molar-refractivity contribution in [3.8, 4) is 0 Å². The Morgan fingerprint density at radius 1 is 1.11 bits per heavy atom. The van der Waals surface area contributed by atoms with Gasteiger partial charge in [-0.3, -0.25) is 4.90 Å². The lowest BCUT2D eigenvalue weighted by Crippen LogP contribution is -2.54. The van der Waals surface area contributed by atoms with Gasteiger partial charge < -0.3 is 15.6 Å². The van der Waals surface area contributed by atoms with Crippen LogP contribution in [0.3, 0.4) is 0 Å². The van der Waals surface area contributed by atoms with Crippen molar-refractivity contribution in [2.24, 2.45) is 12.8 Å². The Balaban J connectivity index is 1.37. The van der Waals surface area contributed by atoms with Crippen LogP contribution in [0.2, 0.25) is 0 Å². The largest absolute Gasteiger partial charge is 0.354 e. The van der Waals surface area contributed by atoms with E-state index in [4.69, 9.17) is 5.73 Å². The number of para-hydroxylation sites is 1. The molecule has 0 aliphatic carbocycles. The van der Waals surface area contributed by atoms with E-state index in [1.807, 2.05) is 19.2 Å². The summed E-state index contributed by atoms with van der Waals surface area (Å²) in [5.41, 5.74) is 8.87. The van der Waals surface area contributed by atoms with Gasteiger partial charge in [-0.15, -0.1) is 0 Å². The number of rotatable bonds is 5. The summed E-state index contributed by atoms with van der Waals surface area (Å²) in [6, 6.07) is 15.5. The number of imidazole rings is 1. The van der Waals surface area contributed by atoms with Crippen LogP contribution in [0.1, 0.15) is 18.4 Å². The lowest BCUT2D eigenvalue weighted by molar-refractivity contribution is 0.161. The molecular weight excluding hydrogens is 341 g/mol. The van der Waals surface area contributed by atoms with Crippen LogP contribution in [0.5, 0.6) is 0 Å². The van der Waals surface area contributed by atoms with E-state index in [1.54, 1.807) is 10.6 Å². The first-order valence-electron chi connectivity index (χ1n) is 9.44. The highest BCUT2D eigenvalue weighted by molar-refractivity contribution is 5.79. The maximum atomic E-state index is 14.0. The van der Waals surface area contributed by atoms with Crippen molar-refractivity contribution < 1.29 is 4.39 Å². The summed E-state index contributed by atoms with van der Waals surface area (Å²) in [5.74, 6) is 0.402. The topological polar surface area (TPSA) is 59.1 Å². The van der Waals surface area contributed by atoms with Gasteiger partial charge in [-0.1, -0.05) is 36.4 Å². The number of anilines is 1. The molecule has 0 saturated carbocycles. The zero-order chi connectivity index (χ0) is 18.9. The van der Waals surface area contributed by atoms with Crippen LogP contribution in [0, 0.1) is 5.82 Å². The van der Waals surface area contributed by atoms with Crippen LogP contribution >= 0.6 is 0 Å². The van der Waals surface area contributed by atoms with Crippen molar-refractivity contribution in [1.29, 1.82) is 0 Å². The third kappa shape index (κ3) is 3.82. The van der Waals surface area contributed by atoms with Gasteiger partial charge in [-0.25, -0.2) is 9.37 Å². The Bertz CT molecular complexity index is 913. The fourth-order valence-electron chi connectivity index (χ4n) is 3.81. The first kappa shape index (κ1) is 17.9. The maximum Gasteiger partial charge on any atom is 0.203 e. The van der Waals surface area contributed by atoms with Gasteiger partial charge in [-0.2, -0.15) is 0 Å². The van der Waals surface area contributed by atoms with Gasteiger partial charge in [0.05, 0.1) is 5.52 Å². The van der Waals surface area contributed by atoms with Crippen molar-refractivity contribution in [3.63, 3.8) is 0 Å². The van der Waals surface area contributed by atoms with Crippen LogP contribution < -0.4 is 11.1 Å². The second-order valence-corrected chi connectivity index (χ2v) is 7.58. The number of likely N-dealkylation sites (tertiary alicyclic amines) is 1. The second kappa shape index (κ2) is 7.29. The number of hydrogen-bond acceptors (Lipinski definition) is 4. The summed E-state index contributed by atoms with van der Waals surface area (Å²) in [4.78, 5) is 6.95. The molecule has 1 aromatic heterocycles. The summed E-state index contributed by atoms with van der Waals surface area (Å²) >= 11 is 0. The van der Waals surface area contributed by atoms with Crippen LogP contribution in [0.25, 0.3) is 11.0 Å². The summed E-state index contributed by atoms with van der Waals surface area (Å²) in [7, 11) is 1.83. The molecule has 0 amide bonds. The molecule has 0 bridgehead atoms. The van der Waals surface area contributed by atoms with Gasteiger partial charge in [0.2, 0.25) is 5.95 Å². The highest BCUT2D eigenvalue weighted by Gasteiger charge is 2.31. The predicted octanol–water partition coefficient (Wildman–Crippen LogP) is 3.12. The first-order chi connectivity index (χ1) is 13.0. The minimum atomic E-state index is -0.274. The van der Waals surface area contributed by atoms with Crippen molar-refractivity contribution in [2.75, 3.05) is 25.0 Å². The van der Waals surface area contributed by atoms with Crippen LogP contribution in [-0.4, -0.2) is 39.6 Å². The summed E-state index contributed by atoms with van der Waals surface area (Å²) in [5, 5.41) is 3.35. The Kier molecular flexibility index (Phi) is 4.85. The fourth-order valence-corrected chi connectivity index (χ4v) is 3.81. The van der Waals surface area contributed by atoms with Gasteiger partial charge in [0, 0.05) is 38.8 Å². The van der Waals surface area contributed by atoms with E-state index >= 15 is 0 Å². The van der Waals surface area contributed by atoms with Crippen LogP contribution in [0.15, 0.2) is 48.5 Å². The molecule has 2 heterocycles. The fraction of sp³-hybridized carbons (Fsp3) is 0.381. The summed E-state index contributed by atoms with van der Waals surface area (Å²) in [6.07, 6.45) is 1.84. The Morgan fingerprint density at radius 2 is 1.85 bits per heavy atom. The number of halogens is 1. The second-order valence-electron chi connectivity index (χ2n) is 7.58. The number of nitrogens with one attached hydrogen (secondary N) is 1. The Morgan fingerprint density at radius 3 is 2.56 bits per heavy atom. The van der Waals surface area contributed by atoms with E-state index < -0.39 is 0 Å². The standard InChI is InChI=1S/C21H26FN5/c1-26-19-17(22)8-5-9-18(19)25-20(26)24-15-21(23)10-12-27(13-11-21)14-16-6-3-2-4-7-16/h2-9H,10-15,23H2,1H3,(H,24,25). The van der Waals surface area contributed by atoms with E-state index in [0.29, 0.717) is 23.5 Å². The number of hydrogen-bond donors (Lipinski definition) is 2. The Hall–Kier alpha value is -2.44. The molecule has 27 heavy (non-hydrogen) atoms. The smallest absolute Gasteiger partial charge is 0.203 e. The number of benzene rings is 2. The predicted molar refractivity (Wildman–Crippen MR) is 107 cm³/mol. The van der Waals surface area contributed by atoms with Gasteiger partial charge in [-0.05, 0) is 30.5 Å². The molecular formula is C21H26FN5. The van der Waals surface area contributed by atoms with E-state index in [1.165, 1.54) is 11.6 Å². The summed E-state index contributed by atoms with van der Waals surface area (Å²) in [6.45, 7) is 3.55. The van der Waals surface area contributed by atoms with E-state index in [-0.39, 0.29) is 11.4 Å². The number of nitrogens with zero attached hydrogens (tertiary/aromatic N) is 3. The zero-order valence-electron chi connectivity index (χ0n) is 15.7. The van der Waals surface area contributed by atoms with E-state index in [9.17, 15) is 4.39 Å². The molecule has 0 unspecified atom stereocenters. The monoisotopic (exact) mass is 367 g/mol. The molecule has 1 saturated heterocycles. The van der Waals surface area contributed by atoms with Crippen molar-refractivity contribution in [1.82, 2.24) is 14.5 Å². The molecule has 1 aliphatic rings. The Labute approximate surface area is 159 Å². The molecule has 3 aromatic rings. The van der Waals surface area contributed by atoms with Gasteiger partial charge >= 0.3 is 0 Å². The molecule has 1 aliphatic heterocycles. The average Bonchev–Trinajstić information content (AvgIpc) is 3.00. The lowest BCUT2D eigenvalue weighted by Gasteiger charge is -2.39. The lowest BCUT2D eigenvalue weighted by atomic mass is 9.88. The number of aryl methyl sites for hydroxylation is 1. The van der Waals surface area contributed by atoms with Crippen molar-refractivity contribution in [3.05, 3.63) is 59.9 Å². The number of nitrogens with two attached hydrogens (primary N) is 1. The number of aromatic nitrogens is 2. The first-order valence-corrected chi connectivity index (χ1v) is 9.44. The third-order valence-electron chi connectivity index (χ3n) is 5.54. The number of fused-ring (bicyclic) bond motifs is 1. The molecule has 4 rings (SSSR count). The molecule has 1 fully saturated rings. The van der Waals surface area contributed by atoms with Crippen LogP contribution in [-0.2, 0) is 13.6 Å². The zero-order valence-corrected chi connectivity index (χ0v) is 15.7. The molecule has 5 nitrogen and oxygen atoms in total. The quantitative estimate of drug-likeness (QED) is 0.727. The maximum absolute atomic E-state index is 14.0. The normalized spacial score (nSPS) is 17.3. The number of piperidine rings is 1. The third-order valence-corrected chi connectivity index (χ3v) is 5.54. The highest BCUT2D eigenvalue weighted by Crippen LogP contribution is 2.24. The highest BCUT2D eigenvalue weighted by atomic mass is 19.1. The minimum absolute atomic E-state index is 0.257. The summed E-state index contributed by atoms with van der Waals surface area (Å²) < 4.78 is 15.8. The molecule has 3 N–H and O–H groups in total. The van der Waals surface area contributed by atoms with E-state index in [0.717, 1.165) is 32.5 Å². The van der Waals surface area contributed by atoms with Crippen molar-refractivity contribution in [2.45, 2.75) is 24.9 Å². The molecule has 0 radical (unpaired) electrons. The van der Waals surface area contributed by atoms with Crippen molar-refractivity contribution >= 4 is 17.0 Å². The van der Waals surface area contributed by atoms with Gasteiger partial charge in [0.25, 0.3) is 0 Å².